The van der Waals surface area contributed by atoms with Crippen molar-refractivity contribution in [3.8, 4) is 34.1 Å². The van der Waals surface area contributed by atoms with Crippen molar-refractivity contribution in [2.24, 2.45) is 0 Å². The van der Waals surface area contributed by atoms with E-state index in [4.69, 9.17) is 14.2 Å². The number of nitrogens with one attached hydrogen (secondary N) is 2. The van der Waals surface area contributed by atoms with Gasteiger partial charge >= 0.3 is 0 Å². The van der Waals surface area contributed by atoms with Gasteiger partial charge in [-0.25, -0.2) is 4.39 Å². The highest BCUT2D eigenvalue weighted by Gasteiger charge is 2.35. The minimum atomic E-state index is -0.553. The van der Waals surface area contributed by atoms with E-state index in [0.29, 0.717) is 53.6 Å². The Morgan fingerprint density at radius 1 is 0.938 bits per heavy atom. The standard InChI is InChI=1S/C35H32FN7O5/c1-46-31-11-10-24-17-29(31)23-6-5-9-27(16-23)47-21-33(44)37-19-22-14-25(36)18-28(15-22)48-32-12-13-42(20-30(32)38-34(24)45)35-39-40-41-43(35)26-7-3-2-4-8-26/h2-11,14-18,30,32H,12-13,19-21H2,1H3,(H,37,44)(H,38,45)/t30-,32-/m1/s1. The number of piperidine rings is 1. The van der Waals surface area contributed by atoms with Crippen LogP contribution >= 0.6 is 0 Å². The van der Waals surface area contributed by atoms with E-state index in [2.05, 4.69) is 26.2 Å². The molecule has 6 bridgehead atoms. The van der Waals surface area contributed by atoms with Crippen molar-refractivity contribution in [2.45, 2.75) is 25.1 Å². The predicted octanol–water partition coefficient (Wildman–Crippen LogP) is 3.94. The van der Waals surface area contributed by atoms with E-state index < -0.39 is 18.0 Å². The number of benzene rings is 4. The zero-order valence-corrected chi connectivity index (χ0v) is 26.0. The molecule has 3 heterocycles. The lowest BCUT2D eigenvalue weighted by molar-refractivity contribution is -0.123. The summed E-state index contributed by atoms with van der Waals surface area (Å²) >= 11 is 0. The summed E-state index contributed by atoms with van der Waals surface area (Å²) in [6, 6.07) is 25.6. The van der Waals surface area contributed by atoms with E-state index in [1.54, 1.807) is 54.3 Å². The highest BCUT2D eigenvalue weighted by Crippen LogP contribution is 2.33. The molecular formula is C35H32FN7O5. The topological polar surface area (TPSA) is 133 Å². The maximum atomic E-state index is 14.8. The number of hydrogen-bond donors (Lipinski definition) is 2. The summed E-state index contributed by atoms with van der Waals surface area (Å²) in [5.74, 6) is 0.603. The molecule has 2 aliphatic rings. The molecule has 2 amide bonds. The number of anilines is 1. The van der Waals surface area contributed by atoms with Crippen LogP contribution < -0.4 is 29.7 Å². The third-order valence-corrected chi connectivity index (χ3v) is 8.29. The number of methoxy groups -OCH3 is 1. The van der Waals surface area contributed by atoms with Crippen LogP contribution in [0, 0.1) is 5.82 Å². The molecule has 0 spiro atoms. The molecule has 5 aromatic rings. The molecule has 1 fully saturated rings. The fourth-order valence-electron chi connectivity index (χ4n) is 5.95. The Hall–Kier alpha value is -5.98. The number of halogens is 1. The van der Waals surface area contributed by atoms with Crippen LogP contribution in [0.4, 0.5) is 10.3 Å². The minimum Gasteiger partial charge on any atom is -0.496 e. The van der Waals surface area contributed by atoms with Gasteiger partial charge in [0.25, 0.3) is 11.8 Å². The average Bonchev–Trinajstić information content (AvgIpc) is 3.60. The van der Waals surface area contributed by atoms with Gasteiger partial charge in [0.1, 0.15) is 29.2 Å². The van der Waals surface area contributed by atoms with Crippen LogP contribution in [0.3, 0.4) is 0 Å². The Balaban J connectivity index is 1.25. The zero-order chi connectivity index (χ0) is 33.0. The van der Waals surface area contributed by atoms with E-state index in [1.165, 1.54) is 12.1 Å². The summed E-state index contributed by atoms with van der Waals surface area (Å²) in [5.41, 5.74) is 3.11. The fraction of sp³-hybridized carbons (Fsp3) is 0.229. The van der Waals surface area contributed by atoms with Gasteiger partial charge < -0.3 is 29.7 Å². The van der Waals surface area contributed by atoms with E-state index in [9.17, 15) is 14.0 Å². The number of para-hydroxylation sites is 1. The van der Waals surface area contributed by atoms with E-state index in [1.807, 2.05) is 41.3 Å². The summed E-state index contributed by atoms with van der Waals surface area (Å²) in [7, 11) is 1.56. The average molecular weight is 650 g/mol. The van der Waals surface area contributed by atoms with Crippen molar-refractivity contribution in [1.29, 1.82) is 0 Å². The SMILES string of the molecule is COc1ccc2cc1-c1cccc(c1)OCC(=O)NCc1cc(F)cc(c1)O[C@@H]1CCN(c3nnnn3-c3ccccc3)C[C@H]1NC2=O. The van der Waals surface area contributed by atoms with Gasteiger partial charge in [0.15, 0.2) is 6.61 Å². The number of hydrogen-bond acceptors (Lipinski definition) is 9. The first-order valence-electron chi connectivity index (χ1n) is 15.5. The number of aromatic nitrogens is 4. The van der Waals surface area contributed by atoms with Crippen LogP contribution in [0.2, 0.25) is 0 Å². The maximum Gasteiger partial charge on any atom is 0.258 e. The molecule has 1 saturated heterocycles. The number of tetrazole rings is 1. The fourth-order valence-corrected chi connectivity index (χ4v) is 5.95. The highest BCUT2D eigenvalue weighted by atomic mass is 19.1. The Bertz CT molecular complexity index is 1950. The quantitative estimate of drug-likeness (QED) is 0.298. The van der Waals surface area contributed by atoms with Crippen molar-refractivity contribution in [1.82, 2.24) is 30.8 Å². The van der Waals surface area contributed by atoms with Crippen molar-refractivity contribution < 1.29 is 28.2 Å². The van der Waals surface area contributed by atoms with Gasteiger partial charge in [-0.3, -0.25) is 9.59 Å². The molecule has 1 aromatic heterocycles. The number of nitrogens with zero attached hydrogens (tertiary/aromatic N) is 5. The Morgan fingerprint density at radius 3 is 2.67 bits per heavy atom. The number of carbonyl (C=O) groups excluding carboxylic acids is 2. The van der Waals surface area contributed by atoms with E-state index in [-0.39, 0.29) is 30.7 Å². The molecule has 2 N–H and O–H groups in total. The van der Waals surface area contributed by atoms with Gasteiger partial charge in [-0.05, 0) is 76.2 Å². The van der Waals surface area contributed by atoms with Gasteiger partial charge in [-0.1, -0.05) is 35.4 Å². The third-order valence-electron chi connectivity index (χ3n) is 8.29. The Kier molecular flexibility index (Phi) is 8.56. The Morgan fingerprint density at radius 2 is 1.81 bits per heavy atom. The number of carbonyl (C=O) groups is 2. The number of rotatable bonds is 3. The molecule has 0 radical (unpaired) electrons. The van der Waals surface area contributed by atoms with Gasteiger partial charge in [0.05, 0.1) is 18.8 Å². The van der Waals surface area contributed by atoms with Gasteiger partial charge in [-0.15, -0.1) is 0 Å². The first-order valence-corrected chi connectivity index (χ1v) is 15.5. The first kappa shape index (κ1) is 30.7. The molecule has 7 rings (SSSR count). The molecule has 13 heteroatoms. The van der Waals surface area contributed by atoms with Crippen LogP contribution in [0.25, 0.3) is 16.8 Å². The molecular weight excluding hydrogens is 617 g/mol. The molecule has 0 unspecified atom stereocenters. The second-order valence-corrected chi connectivity index (χ2v) is 11.5. The molecule has 2 aliphatic heterocycles. The molecule has 48 heavy (non-hydrogen) atoms. The first-order chi connectivity index (χ1) is 23.4. The summed E-state index contributed by atoms with van der Waals surface area (Å²) in [5, 5.41) is 18.4. The highest BCUT2D eigenvalue weighted by molar-refractivity contribution is 5.96. The predicted molar refractivity (Wildman–Crippen MR) is 174 cm³/mol. The van der Waals surface area contributed by atoms with Gasteiger partial charge in [0.2, 0.25) is 5.95 Å². The number of amides is 2. The Labute approximate surface area is 275 Å². The molecule has 4 aromatic carbocycles. The van der Waals surface area contributed by atoms with Crippen LogP contribution in [-0.4, -0.2) is 71.0 Å². The van der Waals surface area contributed by atoms with Crippen molar-refractivity contribution in [3.63, 3.8) is 0 Å². The molecule has 2 atom stereocenters. The molecule has 244 valence electrons. The summed E-state index contributed by atoms with van der Waals surface area (Å²) in [6.45, 7) is 0.644. The number of ether oxygens (including phenoxy) is 3. The van der Waals surface area contributed by atoms with Crippen molar-refractivity contribution in [2.75, 3.05) is 31.7 Å². The molecule has 12 nitrogen and oxygen atoms in total. The second-order valence-electron chi connectivity index (χ2n) is 11.5. The lowest BCUT2D eigenvalue weighted by Gasteiger charge is -2.39. The van der Waals surface area contributed by atoms with Crippen molar-refractivity contribution in [3.05, 3.63) is 108 Å². The third kappa shape index (κ3) is 6.61. The largest absolute Gasteiger partial charge is 0.496 e. The molecule has 0 saturated carbocycles. The summed E-state index contributed by atoms with van der Waals surface area (Å²) in [6.07, 6.45) is -0.0620. The van der Waals surface area contributed by atoms with Gasteiger partial charge in [0, 0.05) is 43.2 Å². The van der Waals surface area contributed by atoms with E-state index >= 15 is 0 Å². The zero-order valence-electron chi connectivity index (χ0n) is 26.0. The maximum absolute atomic E-state index is 14.8. The van der Waals surface area contributed by atoms with Crippen LogP contribution in [0.15, 0.2) is 91.0 Å². The summed E-state index contributed by atoms with van der Waals surface area (Å²) < 4.78 is 34.2. The minimum absolute atomic E-state index is 0.0696. The van der Waals surface area contributed by atoms with Crippen molar-refractivity contribution >= 4 is 17.8 Å². The van der Waals surface area contributed by atoms with E-state index in [0.717, 1.165) is 11.3 Å². The monoisotopic (exact) mass is 649 g/mol. The lowest BCUT2D eigenvalue weighted by atomic mass is 9.99. The second kappa shape index (κ2) is 13.4. The molecule has 0 aliphatic carbocycles. The number of fused-ring (bicyclic) bond motifs is 8. The summed E-state index contributed by atoms with van der Waals surface area (Å²) in [4.78, 5) is 28.6. The van der Waals surface area contributed by atoms with Gasteiger partial charge in [-0.2, -0.15) is 4.68 Å². The van der Waals surface area contributed by atoms with Crippen LogP contribution in [0.5, 0.6) is 17.2 Å². The lowest BCUT2D eigenvalue weighted by Crippen LogP contribution is -2.57. The van der Waals surface area contributed by atoms with Crippen LogP contribution in [-0.2, 0) is 11.3 Å². The smallest absolute Gasteiger partial charge is 0.258 e. The van der Waals surface area contributed by atoms with Crippen LogP contribution in [0.1, 0.15) is 22.3 Å². The normalized spacial score (nSPS) is 18.1.